The van der Waals surface area contributed by atoms with Crippen LogP contribution in [0.1, 0.15) is 12.0 Å². The van der Waals surface area contributed by atoms with Gasteiger partial charge in [0.1, 0.15) is 0 Å². The van der Waals surface area contributed by atoms with E-state index in [1.54, 1.807) is 12.1 Å². The summed E-state index contributed by atoms with van der Waals surface area (Å²) in [7, 11) is -3.72. The molecular weight excluding hydrogens is 352 g/mol. The van der Waals surface area contributed by atoms with Gasteiger partial charge in [0.15, 0.2) is 0 Å². The smallest absolute Gasteiger partial charge is 0.262 e. The second-order valence-electron chi connectivity index (χ2n) is 5.22. The van der Waals surface area contributed by atoms with E-state index in [2.05, 4.69) is 10.6 Å². The molecule has 1 aromatic carbocycles. The zero-order valence-corrected chi connectivity index (χ0v) is 13.7. The Morgan fingerprint density at radius 1 is 1.35 bits per heavy atom. The molecule has 1 aliphatic rings. The molecule has 0 saturated carbocycles. The van der Waals surface area contributed by atoms with Gasteiger partial charge in [-0.2, -0.15) is 0 Å². The van der Waals surface area contributed by atoms with Crippen molar-refractivity contribution in [3.8, 4) is 0 Å². The highest BCUT2D eigenvalue weighted by Crippen LogP contribution is 2.24. The zero-order chi connectivity index (χ0) is 16.4. The van der Waals surface area contributed by atoms with Crippen LogP contribution in [0.3, 0.4) is 0 Å². The summed E-state index contributed by atoms with van der Waals surface area (Å²) in [5.41, 5.74) is 0.803. The Hall–Kier alpha value is -1.29. The Bertz CT molecular complexity index is 653. The Labute approximate surface area is 139 Å². The van der Waals surface area contributed by atoms with Crippen LogP contribution in [0.15, 0.2) is 29.2 Å². The maximum Gasteiger partial charge on any atom is 0.262 e. The van der Waals surface area contributed by atoms with Crippen molar-refractivity contribution in [1.82, 2.24) is 10.6 Å². The number of benzene rings is 1. The number of carbonyl (C=O) groups is 1. The van der Waals surface area contributed by atoms with Crippen LogP contribution in [0, 0.1) is 0 Å². The standard InChI is InChI=1S/C13H17F2N3O3S.ClH/c14-13(15)7-11(18-8-13)12(19)17-6-5-9-1-3-10(4-2-9)22(16,20)21;/h1-4,11,18H,5-8H2,(H,17,19)(H2,16,20,21);1H. The van der Waals surface area contributed by atoms with E-state index in [9.17, 15) is 22.0 Å². The lowest BCUT2D eigenvalue weighted by Crippen LogP contribution is -2.41. The Kier molecular flexibility index (Phi) is 6.46. The minimum atomic E-state index is -3.72. The molecule has 1 aromatic rings. The number of nitrogens with one attached hydrogen (secondary N) is 2. The molecule has 0 spiro atoms. The van der Waals surface area contributed by atoms with E-state index in [0.717, 1.165) is 5.56 Å². The number of sulfonamides is 1. The molecule has 1 fully saturated rings. The van der Waals surface area contributed by atoms with Crippen molar-refractivity contribution in [3.05, 3.63) is 29.8 Å². The summed E-state index contributed by atoms with van der Waals surface area (Å²) in [6.07, 6.45) is -0.0400. The number of amides is 1. The highest BCUT2D eigenvalue weighted by Gasteiger charge is 2.42. The van der Waals surface area contributed by atoms with Gasteiger partial charge in [-0.05, 0) is 24.1 Å². The first-order valence-electron chi connectivity index (χ1n) is 6.68. The summed E-state index contributed by atoms with van der Waals surface area (Å²) in [5.74, 6) is -3.30. The van der Waals surface area contributed by atoms with Crippen molar-refractivity contribution in [2.75, 3.05) is 13.1 Å². The van der Waals surface area contributed by atoms with Gasteiger partial charge in [0.05, 0.1) is 17.5 Å². The number of hydrogen-bond acceptors (Lipinski definition) is 4. The van der Waals surface area contributed by atoms with Crippen LogP contribution in [0.25, 0.3) is 0 Å². The highest BCUT2D eigenvalue weighted by atomic mass is 35.5. The van der Waals surface area contributed by atoms with Crippen molar-refractivity contribution in [2.24, 2.45) is 5.14 Å². The largest absolute Gasteiger partial charge is 0.354 e. The molecule has 0 aromatic heterocycles. The van der Waals surface area contributed by atoms with Crippen molar-refractivity contribution in [1.29, 1.82) is 0 Å². The van der Waals surface area contributed by atoms with Gasteiger partial charge in [0, 0.05) is 13.0 Å². The average Bonchev–Trinajstić information content (AvgIpc) is 2.79. The lowest BCUT2D eigenvalue weighted by atomic mass is 10.1. The molecule has 1 heterocycles. The summed E-state index contributed by atoms with van der Waals surface area (Å²) in [6.45, 7) is -0.211. The van der Waals surface area contributed by atoms with E-state index in [4.69, 9.17) is 5.14 Å². The van der Waals surface area contributed by atoms with E-state index >= 15 is 0 Å². The Morgan fingerprint density at radius 2 is 1.96 bits per heavy atom. The fourth-order valence-corrected chi connectivity index (χ4v) is 2.72. The van der Waals surface area contributed by atoms with E-state index in [-0.39, 0.29) is 23.8 Å². The van der Waals surface area contributed by atoms with Gasteiger partial charge in [0.2, 0.25) is 15.9 Å². The van der Waals surface area contributed by atoms with Gasteiger partial charge in [-0.3, -0.25) is 10.1 Å². The molecule has 4 N–H and O–H groups in total. The minimum absolute atomic E-state index is 0. The van der Waals surface area contributed by atoms with Crippen LogP contribution in [-0.4, -0.2) is 39.4 Å². The van der Waals surface area contributed by atoms with Crippen molar-refractivity contribution in [2.45, 2.75) is 29.7 Å². The van der Waals surface area contributed by atoms with Gasteiger partial charge in [-0.15, -0.1) is 12.4 Å². The van der Waals surface area contributed by atoms with Crippen LogP contribution in [-0.2, 0) is 21.2 Å². The van der Waals surface area contributed by atoms with Crippen molar-refractivity contribution >= 4 is 28.3 Å². The van der Waals surface area contributed by atoms with Crippen LogP contribution >= 0.6 is 12.4 Å². The lowest BCUT2D eigenvalue weighted by molar-refractivity contribution is -0.123. The fraction of sp³-hybridized carbons (Fsp3) is 0.462. The number of alkyl halides is 2. The van der Waals surface area contributed by atoms with E-state index in [1.165, 1.54) is 12.1 Å². The molecular formula is C13H18ClF2N3O3S. The number of primary sulfonamides is 1. The van der Waals surface area contributed by atoms with Crippen LogP contribution < -0.4 is 15.8 Å². The number of rotatable bonds is 5. The molecule has 1 unspecified atom stereocenters. The molecule has 0 bridgehead atoms. The van der Waals surface area contributed by atoms with Crippen molar-refractivity contribution < 1.29 is 22.0 Å². The minimum Gasteiger partial charge on any atom is -0.354 e. The fourth-order valence-electron chi connectivity index (χ4n) is 2.20. The first-order valence-corrected chi connectivity index (χ1v) is 8.23. The predicted molar refractivity (Wildman–Crippen MR) is 83.1 cm³/mol. The van der Waals surface area contributed by atoms with E-state index in [1.807, 2.05) is 0 Å². The third kappa shape index (κ3) is 5.69. The second kappa shape index (κ2) is 7.52. The van der Waals surface area contributed by atoms with Crippen LogP contribution in [0.4, 0.5) is 8.78 Å². The summed E-state index contributed by atoms with van der Waals surface area (Å²) < 4.78 is 48.1. The summed E-state index contributed by atoms with van der Waals surface area (Å²) in [4.78, 5) is 11.7. The molecule has 10 heteroatoms. The lowest BCUT2D eigenvalue weighted by Gasteiger charge is -2.11. The van der Waals surface area contributed by atoms with Gasteiger partial charge < -0.3 is 5.32 Å². The summed E-state index contributed by atoms with van der Waals surface area (Å²) >= 11 is 0. The highest BCUT2D eigenvalue weighted by molar-refractivity contribution is 7.89. The number of halogens is 3. The van der Waals surface area contributed by atoms with Crippen molar-refractivity contribution in [3.63, 3.8) is 0 Å². The molecule has 130 valence electrons. The Balaban J connectivity index is 0.00000264. The first kappa shape index (κ1) is 19.8. The SMILES string of the molecule is Cl.NS(=O)(=O)c1ccc(CCNC(=O)C2CC(F)(F)CN2)cc1. The zero-order valence-electron chi connectivity index (χ0n) is 12.1. The van der Waals surface area contributed by atoms with Gasteiger partial charge in [-0.25, -0.2) is 22.3 Å². The number of nitrogens with two attached hydrogens (primary N) is 1. The summed E-state index contributed by atoms with van der Waals surface area (Å²) in [6, 6.07) is 5.07. The molecule has 23 heavy (non-hydrogen) atoms. The molecule has 0 aliphatic carbocycles. The molecule has 1 atom stereocenters. The average molecular weight is 370 g/mol. The second-order valence-corrected chi connectivity index (χ2v) is 6.78. The van der Waals surface area contributed by atoms with E-state index in [0.29, 0.717) is 6.42 Å². The third-order valence-corrected chi connectivity index (χ3v) is 4.32. The van der Waals surface area contributed by atoms with Crippen LogP contribution in [0.5, 0.6) is 0 Å². The molecule has 0 radical (unpaired) electrons. The first-order chi connectivity index (χ1) is 10.2. The molecule has 1 saturated heterocycles. The molecule has 2 rings (SSSR count). The number of carbonyl (C=O) groups excluding carboxylic acids is 1. The van der Waals surface area contributed by atoms with E-state index < -0.39 is 40.9 Å². The quantitative estimate of drug-likeness (QED) is 0.699. The monoisotopic (exact) mass is 369 g/mol. The normalized spacial score (nSPS) is 19.9. The topological polar surface area (TPSA) is 101 Å². The van der Waals surface area contributed by atoms with Gasteiger partial charge in [0.25, 0.3) is 5.92 Å². The van der Waals surface area contributed by atoms with Crippen LogP contribution in [0.2, 0.25) is 0 Å². The summed E-state index contributed by atoms with van der Waals surface area (Å²) in [5, 5.41) is 10.0. The van der Waals surface area contributed by atoms with Gasteiger partial charge in [-0.1, -0.05) is 12.1 Å². The Morgan fingerprint density at radius 3 is 2.43 bits per heavy atom. The number of hydrogen-bond donors (Lipinski definition) is 3. The third-order valence-electron chi connectivity index (χ3n) is 3.39. The predicted octanol–water partition coefficient (Wildman–Crippen LogP) is 0.412. The molecule has 6 nitrogen and oxygen atoms in total. The van der Waals surface area contributed by atoms with Gasteiger partial charge >= 0.3 is 0 Å². The maximum absolute atomic E-state index is 13.0. The molecule has 1 aliphatic heterocycles. The maximum atomic E-state index is 13.0. The molecule has 1 amide bonds.